The molecule has 0 spiro atoms. The summed E-state index contributed by atoms with van der Waals surface area (Å²) >= 11 is 5.78. The van der Waals surface area contributed by atoms with E-state index >= 15 is 0 Å². The minimum Gasteiger partial charge on any atom is -0.489 e. The van der Waals surface area contributed by atoms with Gasteiger partial charge in [-0.15, -0.1) is 24.0 Å². The molecule has 134 valence electrons. The summed E-state index contributed by atoms with van der Waals surface area (Å²) in [5.74, 6) is 1.53. The van der Waals surface area contributed by atoms with Crippen molar-refractivity contribution in [1.82, 2.24) is 15.6 Å². The molecule has 0 saturated heterocycles. The zero-order valence-corrected chi connectivity index (χ0v) is 17.1. The summed E-state index contributed by atoms with van der Waals surface area (Å²) in [6.45, 7) is 5.36. The molecule has 0 atom stereocenters. The van der Waals surface area contributed by atoms with Crippen molar-refractivity contribution in [2.75, 3.05) is 13.7 Å². The minimum absolute atomic E-state index is 0. The Hall–Kier alpha value is -1.80. The molecule has 0 bridgehead atoms. The minimum atomic E-state index is 0. The fraction of sp³-hybridized carbons (Fsp3) is 0.222. The molecule has 25 heavy (non-hydrogen) atoms. The molecule has 2 rings (SSSR count). The first-order valence-corrected chi connectivity index (χ1v) is 7.97. The van der Waals surface area contributed by atoms with Crippen LogP contribution in [0.4, 0.5) is 0 Å². The van der Waals surface area contributed by atoms with E-state index in [1.165, 1.54) is 0 Å². The number of nitrogens with one attached hydrogen (secondary N) is 2. The van der Waals surface area contributed by atoms with Crippen molar-refractivity contribution >= 4 is 41.5 Å². The first-order valence-electron chi connectivity index (χ1n) is 7.59. The maximum absolute atomic E-state index is 5.78. The second-order valence-corrected chi connectivity index (χ2v) is 5.36. The standard InChI is InChI=1S/C18H21ClN4O.HI/c1-3-10-24-16-7-5-4-6-15(16)13-23-18(20-2)22-12-14-8-9-17(19)21-11-14;/h3-9,11H,1,10,12-13H2,2H3,(H2,20,22,23);1H. The molecule has 0 radical (unpaired) electrons. The lowest BCUT2D eigenvalue weighted by Crippen LogP contribution is -2.36. The van der Waals surface area contributed by atoms with Gasteiger partial charge in [0.05, 0.1) is 0 Å². The molecule has 0 unspecified atom stereocenters. The Labute approximate surface area is 170 Å². The predicted octanol–water partition coefficient (Wildman–Crippen LogP) is 3.78. The fourth-order valence-electron chi connectivity index (χ4n) is 2.04. The monoisotopic (exact) mass is 472 g/mol. The number of hydrogen-bond acceptors (Lipinski definition) is 3. The van der Waals surface area contributed by atoms with Crippen LogP contribution in [0.25, 0.3) is 0 Å². The third-order valence-corrected chi connectivity index (χ3v) is 3.47. The molecule has 2 aromatic rings. The highest BCUT2D eigenvalue weighted by molar-refractivity contribution is 14.0. The summed E-state index contributed by atoms with van der Waals surface area (Å²) in [7, 11) is 1.73. The van der Waals surface area contributed by atoms with Crippen LogP contribution in [0.2, 0.25) is 5.15 Å². The van der Waals surface area contributed by atoms with E-state index in [4.69, 9.17) is 16.3 Å². The van der Waals surface area contributed by atoms with Gasteiger partial charge in [0, 0.05) is 31.9 Å². The third kappa shape index (κ3) is 7.31. The van der Waals surface area contributed by atoms with Crippen molar-refractivity contribution in [1.29, 1.82) is 0 Å². The molecule has 1 aromatic carbocycles. The first-order chi connectivity index (χ1) is 11.7. The van der Waals surface area contributed by atoms with Crippen LogP contribution in [-0.4, -0.2) is 24.6 Å². The fourth-order valence-corrected chi connectivity index (χ4v) is 2.15. The van der Waals surface area contributed by atoms with Gasteiger partial charge in [-0.05, 0) is 17.7 Å². The zero-order chi connectivity index (χ0) is 17.2. The lowest BCUT2D eigenvalue weighted by molar-refractivity contribution is 0.358. The van der Waals surface area contributed by atoms with Crippen LogP contribution in [0.5, 0.6) is 5.75 Å². The smallest absolute Gasteiger partial charge is 0.191 e. The summed E-state index contributed by atoms with van der Waals surface area (Å²) in [5, 5.41) is 6.99. The number of nitrogens with zero attached hydrogens (tertiary/aromatic N) is 2. The molecule has 1 heterocycles. The van der Waals surface area contributed by atoms with Crippen molar-refractivity contribution in [3.05, 3.63) is 71.5 Å². The second-order valence-electron chi connectivity index (χ2n) is 4.98. The number of benzene rings is 1. The van der Waals surface area contributed by atoms with Crippen LogP contribution in [0.15, 0.2) is 60.2 Å². The second kappa shape index (κ2) is 11.7. The topological polar surface area (TPSA) is 58.5 Å². The SMILES string of the molecule is C=CCOc1ccccc1CNC(=NC)NCc1ccc(Cl)nc1.I. The Kier molecular flexibility index (Phi) is 9.94. The Bertz CT molecular complexity index is 692. The van der Waals surface area contributed by atoms with E-state index in [0.29, 0.717) is 30.8 Å². The first kappa shape index (κ1) is 21.2. The van der Waals surface area contributed by atoms with Crippen LogP contribution < -0.4 is 15.4 Å². The number of ether oxygens (including phenoxy) is 1. The predicted molar refractivity (Wildman–Crippen MR) is 114 cm³/mol. The van der Waals surface area contributed by atoms with E-state index < -0.39 is 0 Å². The van der Waals surface area contributed by atoms with Gasteiger partial charge in [0.25, 0.3) is 0 Å². The highest BCUT2D eigenvalue weighted by Gasteiger charge is 2.04. The number of aromatic nitrogens is 1. The van der Waals surface area contributed by atoms with Crippen LogP contribution >= 0.6 is 35.6 Å². The number of rotatable bonds is 7. The Balaban J connectivity index is 0.00000312. The maximum Gasteiger partial charge on any atom is 0.191 e. The molecule has 0 aliphatic rings. The van der Waals surface area contributed by atoms with Crippen molar-refractivity contribution in [3.8, 4) is 5.75 Å². The highest BCUT2D eigenvalue weighted by Crippen LogP contribution is 2.17. The van der Waals surface area contributed by atoms with E-state index in [0.717, 1.165) is 16.9 Å². The average Bonchev–Trinajstić information content (AvgIpc) is 2.62. The average molecular weight is 473 g/mol. The van der Waals surface area contributed by atoms with Crippen molar-refractivity contribution in [3.63, 3.8) is 0 Å². The maximum atomic E-state index is 5.78. The molecular weight excluding hydrogens is 451 g/mol. The molecule has 0 saturated carbocycles. The Morgan fingerprint density at radius 1 is 1.24 bits per heavy atom. The van der Waals surface area contributed by atoms with E-state index in [1.54, 1.807) is 25.4 Å². The largest absolute Gasteiger partial charge is 0.489 e. The van der Waals surface area contributed by atoms with Crippen LogP contribution in [0, 0.1) is 0 Å². The van der Waals surface area contributed by atoms with E-state index in [9.17, 15) is 0 Å². The summed E-state index contributed by atoms with van der Waals surface area (Å²) in [4.78, 5) is 8.28. The van der Waals surface area contributed by atoms with Crippen molar-refractivity contribution in [2.45, 2.75) is 13.1 Å². The molecule has 1 aromatic heterocycles. The number of guanidine groups is 1. The molecule has 2 N–H and O–H groups in total. The van der Waals surface area contributed by atoms with Gasteiger partial charge in [-0.1, -0.05) is 48.5 Å². The van der Waals surface area contributed by atoms with Crippen LogP contribution in [-0.2, 0) is 13.1 Å². The summed E-state index contributed by atoms with van der Waals surface area (Å²) in [6.07, 6.45) is 3.46. The number of hydrogen-bond donors (Lipinski definition) is 2. The van der Waals surface area contributed by atoms with E-state index in [2.05, 4.69) is 27.2 Å². The lowest BCUT2D eigenvalue weighted by Gasteiger charge is -2.14. The Morgan fingerprint density at radius 2 is 2.00 bits per heavy atom. The van der Waals surface area contributed by atoms with E-state index in [1.807, 2.05) is 30.3 Å². The van der Waals surface area contributed by atoms with Crippen LogP contribution in [0.3, 0.4) is 0 Å². The number of halogens is 2. The van der Waals surface area contributed by atoms with Gasteiger partial charge >= 0.3 is 0 Å². The molecule has 0 aliphatic carbocycles. The van der Waals surface area contributed by atoms with Crippen molar-refractivity contribution < 1.29 is 4.74 Å². The van der Waals surface area contributed by atoms with Crippen molar-refractivity contribution in [2.24, 2.45) is 4.99 Å². The molecule has 0 aliphatic heterocycles. The molecular formula is C18H22ClIN4O. The third-order valence-electron chi connectivity index (χ3n) is 3.25. The van der Waals surface area contributed by atoms with Gasteiger partial charge in [0.1, 0.15) is 17.5 Å². The number of para-hydroxylation sites is 1. The van der Waals surface area contributed by atoms with Gasteiger partial charge < -0.3 is 15.4 Å². The molecule has 5 nitrogen and oxygen atoms in total. The van der Waals surface area contributed by atoms with Gasteiger partial charge in [-0.3, -0.25) is 4.99 Å². The van der Waals surface area contributed by atoms with Gasteiger partial charge in [0.15, 0.2) is 5.96 Å². The molecule has 0 fully saturated rings. The normalized spacial score (nSPS) is 10.6. The Morgan fingerprint density at radius 3 is 2.68 bits per heavy atom. The van der Waals surface area contributed by atoms with Crippen LogP contribution in [0.1, 0.15) is 11.1 Å². The summed E-state index contributed by atoms with van der Waals surface area (Å²) in [5.41, 5.74) is 2.08. The zero-order valence-electron chi connectivity index (χ0n) is 14.0. The van der Waals surface area contributed by atoms with Gasteiger partial charge in [-0.2, -0.15) is 0 Å². The quantitative estimate of drug-likeness (QED) is 0.212. The lowest BCUT2D eigenvalue weighted by atomic mass is 10.2. The molecule has 7 heteroatoms. The molecule has 0 amide bonds. The van der Waals surface area contributed by atoms with Gasteiger partial charge in [-0.25, -0.2) is 4.98 Å². The summed E-state index contributed by atoms with van der Waals surface area (Å²) in [6, 6.07) is 11.6. The number of pyridine rings is 1. The van der Waals surface area contributed by atoms with E-state index in [-0.39, 0.29) is 24.0 Å². The number of aliphatic imine (C=N–C) groups is 1. The van der Waals surface area contributed by atoms with Gasteiger partial charge in [0.2, 0.25) is 0 Å². The summed E-state index contributed by atoms with van der Waals surface area (Å²) < 4.78 is 5.65. The highest BCUT2D eigenvalue weighted by atomic mass is 127.